The van der Waals surface area contributed by atoms with Crippen LogP contribution in [0.25, 0.3) is 0 Å². The van der Waals surface area contributed by atoms with Crippen molar-refractivity contribution in [1.29, 1.82) is 0 Å². The van der Waals surface area contributed by atoms with Crippen LogP contribution in [0.1, 0.15) is 42.6 Å². The molecule has 0 unspecified atom stereocenters. The van der Waals surface area contributed by atoms with Crippen LogP contribution in [0.2, 0.25) is 5.02 Å². The predicted molar refractivity (Wildman–Crippen MR) is 114 cm³/mol. The van der Waals surface area contributed by atoms with Crippen LogP contribution in [0, 0.1) is 5.92 Å². The molecule has 1 atom stereocenters. The van der Waals surface area contributed by atoms with Crippen LogP contribution in [-0.2, 0) is 4.79 Å². The van der Waals surface area contributed by atoms with Gasteiger partial charge in [0.15, 0.2) is 5.78 Å². The van der Waals surface area contributed by atoms with Gasteiger partial charge in [-0.25, -0.2) is 0 Å². The molecule has 3 rings (SSSR count). The highest BCUT2D eigenvalue weighted by Gasteiger charge is 2.30. The zero-order valence-corrected chi connectivity index (χ0v) is 17.4. The van der Waals surface area contributed by atoms with E-state index in [1.165, 1.54) is 0 Å². The van der Waals surface area contributed by atoms with Crippen LogP contribution in [0.4, 0.5) is 5.69 Å². The number of carbonyl (C=O) groups excluding carboxylic acids is 2. The highest BCUT2D eigenvalue weighted by atomic mass is 35.5. The second kappa shape index (κ2) is 8.78. The van der Waals surface area contributed by atoms with Crippen LogP contribution >= 0.6 is 11.6 Å². The lowest BCUT2D eigenvalue weighted by atomic mass is 9.87. The van der Waals surface area contributed by atoms with Crippen LogP contribution in [-0.4, -0.2) is 42.8 Å². The first-order valence-electron chi connectivity index (χ1n) is 9.77. The number of hydrogen-bond donors (Lipinski definition) is 0. The fraction of sp³-hybridized carbons (Fsp3) is 0.391. The number of anilines is 1. The molecule has 1 amide bonds. The molecule has 0 N–H and O–H groups in total. The monoisotopic (exact) mass is 398 g/mol. The van der Waals surface area contributed by atoms with E-state index in [0.717, 1.165) is 29.9 Å². The summed E-state index contributed by atoms with van der Waals surface area (Å²) in [6.07, 6.45) is 0. The summed E-state index contributed by atoms with van der Waals surface area (Å²) < 4.78 is 0. The molecule has 148 valence electrons. The number of benzene rings is 2. The lowest BCUT2D eigenvalue weighted by Crippen LogP contribution is -2.50. The van der Waals surface area contributed by atoms with E-state index >= 15 is 0 Å². The quantitative estimate of drug-likeness (QED) is 0.689. The first kappa shape index (κ1) is 20.4. The number of Topliss-reactive ketones (excluding diaryl/α,β-unsaturated/α-hetero) is 1. The molecule has 0 aromatic heterocycles. The molecular weight excluding hydrogens is 372 g/mol. The van der Waals surface area contributed by atoms with Crippen molar-refractivity contribution in [3.05, 3.63) is 64.7 Å². The molecule has 1 heterocycles. The lowest BCUT2D eigenvalue weighted by Gasteiger charge is -2.38. The van der Waals surface area contributed by atoms with Gasteiger partial charge in [0.1, 0.15) is 0 Å². The number of rotatable bonds is 5. The minimum atomic E-state index is -0.154. The Labute approximate surface area is 172 Å². The molecule has 2 aromatic rings. The number of piperazine rings is 1. The molecule has 1 fully saturated rings. The van der Waals surface area contributed by atoms with Crippen molar-refractivity contribution >= 4 is 29.0 Å². The third kappa shape index (κ3) is 4.56. The van der Waals surface area contributed by atoms with Gasteiger partial charge < -0.3 is 9.80 Å². The van der Waals surface area contributed by atoms with Gasteiger partial charge >= 0.3 is 0 Å². The number of nitrogens with zero attached hydrogens (tertiary/aromatic N) is 2. The molecule has 0 spiro atoms. The zero-order chi connectivity index (χ0) is 20.3. The first-order chi connectivity index (χ1) is 13.4. The maximum Gasteiger partial charge on any atom is 0.230 e. The van der Waals surface area contributed by atoms with Gasteiger partial charge in [-0.05, 0) is 54.8 Å². The minimum Gasteiger partial charge on any atom is -0.368 e. The van der Waals surface area contributed by atoms with Crippen molar-refractivity contribution in [3.63, 3.8) is 0 Å². The van der Waals surface area contributed by atoms with E-state index in [4.69, 9.17) is 11.6 Å². The standard InChI is InChI=1S/C23H27ClN2O2/c1-16(2)22(19-4-8-20(24)9-5-19)23(28)26-14-12-25(13-15-26)21-10-6-18(7-11-21)17(3)27/h4-11,16,22H,12-15H2,1-3H3/t22-/m1/s1. The Morgan fingerprint density at radius 3 is 1.96 bits per heavy atom. The molecule has 0 radical (unpaired) electrons. The van der Waals surface area contributed by atoms with Gasteiger partial charge in [-0.3, -0.25) is 9.59 Å². The summed E-state index contributed by atoms with van der Waals surface area (Å²) in [6.45, 7) is 8.72. The maximum absolute atomic E-state index is 13.2. The van der Waals surface area contributed by atoms with E-state index in [-0.39, 0.29) is 23.5 Å². The summed E-state index contributed by atoms with van der Waals surface area (Å²) in [6, 6.07) is 15.3. The molecule has 1 aliphatic rings. The van der Waals surface area contributed by atoms with E-state index in [1.54, 1.807) is 6.92 Å². The Hall–Kier alpha value is -2.33. The number of carbonyl (C=O) groups is 2. The molecular formula is C23H27ClN2O2. The Morgan fingerprint density at radius 2 is 1.46 bits per heavy atom. The van der Waals surface area contributed by atoms with Crippen molar-refractivity contribution in [2.75, 3.05) is 31.1 Å². The molecule has 0 saturated carbocycles. The second-order valence-electron chi connectivity index (χ2n) is 7.69. The van der Waals surface area contributed by atoms with Crippen molar-refractivity contribution < 1.29 is 9.59 Å². The normalized spacial score (nSPS) is 15.6. The molecule has 1 aliphatic heterocycles. The van der Waals surface area contributed by atoms with Gasteiger partial charge in [0.25, 0.3) is 0 Å². The highest BCUT2D eigenvalue weighted by molar-refractivity contribution is 6.30. The molecule has 28 heavy (non-hydrogen) atoms. The van der Waals surface area contributed by atoms with Crippen LogP contribution in [0.3, 0.4) is 0 Å². The average molecular weight is 399 g/mol. The summed E-state index contributed by atoms with van der Waals surface area (Å²) in [7, 11) is 0. The average Bonchev–Trinajstić information content (AvgIpc) is 2.69. The zero-order valence-electron chi connectivity index (χ0n) is 16.7. The fourth-order valence-electron chi connectivity index (χ4n) is 3.77. The van der Waals surface area contributed by atoms with E-state index in [2.05, 4.69) is 18.7 Å². The minimum absolute atomic E-state index is 0.0730. The summed E-state index contributed by atoms with van der Waals surface area (Å²) in [5, 5.41) is 0.683. The Bertz CT molecular complexity index is 823. The van der Waals surface area contributed by atoms with Gasteiger partial charge in [0.2, 0.25) is 5.91 Å². The SMILES string of the molecule is CC(=O)c1ccc(N2CCN(C(=O)[C@@H](c3ccc(Cl)cc3)C(C)C)CC2)cc1. The Kier molecular flexibility index (Phi) is 6.40. The Balaban J connectivity index is 1.66. The predicted octanol–water partition coefficient (Wildman–Crippen LogP) is 4.63. The van der Waals surface area contributed by atoms with Crippen molar-refractivity contribution in [1.82, 2.24) is 4.90 Å². The smallest absolute Gasteiger partial charge is 0.230 e. The number of ketones is 1. The molecule has 5 heteroatoms. The number of amides is 1. The van der Waals surface area contributed by atoms with E-state index in [0.29, 0.717) is 18.1 Å². The molecule has 4 nitrogen and oxygen atoms in total. The van der Waals surface area contributed by atoms with Gasteiger partial charge in [-0.2, -0.15) is 0 Å². The molecule has 1 saturated heterocycles. The molecule has 2 aromatic carbocycles. The van der Waals surface area contributed by atoms with Crippen molar-refractivity contribution in [2.24, 2.45) is 5.92 Å². The Morgan fingerprint density at radius 1 is 0.893 bits per heavy atom. The van der Waals surface area contributed by atoms with Crippen LogP contribution in [0.15, 0.2) is 48.5 Å². The summed E-state index contributed by atoms with van der Waals surface area (Å²) in [5.74, 6) is 0.317. The van der Waals surface area contributed by atoms with Crippen LogP contribution in [0.5, 0.6) is 0 Å². The van der Waals surface area contributed by atoms with Gasteiger partial charge in [-0.1, -0.05) is 37.6 Å². The number of halogens is 1. The van der Waals surface area contributed by atoms with Crippen LogP contribution < -0.4 is 4.90 Å². The first-order valence-corrected chi connectivity index (χ1v) is 10.1. The molecule has 0 aliphatic carbocycles. The van der Waals surface area contributed by atoms with E-state index < -0.39 is 0 Å². The summed E-state index contributed by atoms with van der Waals surface area (Å²) in [5.41, 5.74) is 2.84. The van der Waals surface area contributed by atoms with Crippen molar-refractivity contribution in [2.45, 2.75) is 26.7 Å². The summed E-state index contributed by atoms with van der Waals surface area (Å²) in [4.78, 5) is 28.9. The highest BCUT2D eigenvalue weighted by Crippen LogP contribution is 2.29. The third-order valence-electron chi connectivity index (χ3n) is 5.39. The molecule has 0 bridgehead atoms. The lowest BCUT2D eigenvalue weighted by molar-refractivity contribution is -0.134. The van der Waals surface area contributed by atoms with E-state index in [9.17, 15) is 9.59 Å². The van der Waals surface area contributed by atoms with Gasteiger partial charge in [0.05, 0.1) is 5.92 Å². The third-order valence-corrected chi connectivity index (χ3v) is 5.64. The number of hydrogen-bond acceptors (Lipinski definition) is 3. The van der Waals surface area contributed by atoms with Gasteiger partial charge in [0, 0.05) is 42.5 Å². The maximum atomic E-state index is 13.2. The fourth-order valence-corrected chi connectivity index (χ4v) is 3.90. The largest absolute Gasteiger partial charge is 0.368 e. The van der Waals surface area contributed by atoms with Crippen molar-refractivity contribution in [3.8, 4) is 0 Å². The second-order valence-corrected chi connectivity index (χ2v) is 8.13. The summed E-state index contributed by atoms with van der Waals surface area (Å²) >= 11 is 6.01. The van der Waals surface area contributed by atoms with E-state index in [1.807, 2.05) is 53.4 Å². The topological polar surface area (TPSA) is 40.6 Å². The van der Waals surface area contributed by atoms with Gasteiger partial charge in [-0.15, -0.1) is 0 Å².